The Morgan fingerprint density at radius 2 is 1.53 bits per heavy atom. The molecule has 0 heterocycles. The van der Waals surface area contributed by atoms with Crippen molar-refractivity contribution in [1.82, 2.24) is 0 Å². The predicted molar refractivity (Wildman–Crippen MR) is 43.1 cm³/mol. The molecule has 0 radical (unpaired) electrons. The highest BCUT2D eigenvalue weighted by molar-refractivity contribution is 6.30. The van der Waals surface area contributed by atoms with E-state index in [1.54, 1.807) is 0 Å². The van der Waals surface area contributed by atoms with Gasteiger partial charge in [-0.05, 0) is 12.1 Å². The Hall–Kier alpha value is -1.18. The third-order valence-corrected chi connectivity index (χ3v) is 1.86. The number of hydrogen-bond acceptors (Lipinski definition) is 1. The van der Waals surface area contributed by atoms with Crippen LogP contribution >= 0.6 is 11.6 Å². The van der Waals surface area contributed by atoms with Crippen molar-refractivity contribution in [1.29, 1.82) is 0 Å². The Bertz CT molecular complexity index is 423. The predicted octanol–water partition coefficient (Wildman–Crippen LogP) is 4.40. The summed E-state index contributed by atoms with van der Waals surface area (Å²) in [5.74, 6) is -3.70. The van der Waals surface area contributed by atoms with Crippen LogP contribution in [0.5, 0.6) is 5.75 Å². The zero-order chi connectivity index (χ0) is 13.4. The van der Waals surface area contributed by atoms with E-state index in [0.717, 1.165) is 0 Å². The Labute approximate surface area is 94.7 Å². The lowest BCUT2D eigenvalue weighted by molar-refractivity contribution is -0.276. The van der Waals surface area contributed by atoms with E-state index >= 15 is 0 Å². The number of ether oxygens (including phenoxy) is 1. The molecule has 0 fully saturated rings. The second-order valence-corrected chi connectivity index (χ2v) is 3.19. The van der Waals surface area contributed by atoms with Crippen molar-refractivity contribution >= 4 is 11.6 Å². The molecule has 0 N–H and O–H groups in total. The zero-order valence-corrected chi connectivity index (χ0v) is 8.34. The Morgan fingerprint density at radius 3 is 1.94 bits per heavy atom. The zero-order valence-electron chi connectivity index (χ0n) is 7.59. The molecule has 0 aliphatic heterocycles. The summed E-state index contributed by atoms with van der Waals surface area (Å²) in [5.41, 5.74) is -2.19. The summed E-state index contributed by atoms with van der Waals surface area (Å²) in [5, 5.41) is -0.952. The summed E-state index contributed by atoms with van der Waals surface area (Å²) >= 11 is 5.05. The molecule has 0 saturated carbocycles. The lowest BCUT2D eigenvalue weighted by atomic mass is 10.2. The SMILES string of the molecule is Fc1c(Cl)ccc(OC(F)(F)F)c1C(F)(F)F. The first kappa shape index (κ1) is 13.9. The van der Waals surface area contributed by atoms with E-state index < -0.39 is 34.7 Å². The fourth-order valence-electron chi connectivity index (χ4n) is 1.01. The van der Waals surface area contributed by atoms with Gasteiger partial charge in [-0.3, -0.25) is 0 Å². The van der Waals surface area contributed by atoms with Crippen molar-refractivity contribution in [2.24, 2.45) is 0 Å². The highest BCUT2D eigenvalue weighted by Gasteiger charge is 2.42. The van der Waals surface area contributed by atoms with Gasteiger partial charge in [0.25, 0.3) is 0 Å². The molecule has 1 nitrogen and oxygen atoms in total. The number of benzene rings is 1. The van der Waals surface area contributed by atoms with Crippen LogP contribution in [0.25, 0.3) is 0 Å². The molecule has 0 saturated heterocycles. The fraction of sp³-hybridized carbons (Fsp3) is 0.250. The van der Waals surface area contributed by atoms with E-state index in [0.29, 0.717) is 12.1 Å². The average molecular weight is 283 g/mol. The van der Waals surface area contributed by atoms with Crippen LogP contribution in [0, 0.1) is 5.82 Å². The van der Waals surface area contributed by atoms with Gasteiger partial charge in [0.15, 0.2) is 5.82 Å². The van der Waals surface area contributed by atoms with Gasteiger partial charge in [0.2, 0.25) is 0 Å². The molecule has 9 heteroatoms. The van der Waals surface area contributed by atoms with Gasteiger partial charge in [-0.15, -0.1) is 13.2 Å². The van der Waals surface area contributed by atoms with E-state index in [-0.39, 0.29) is 0 Å². The van der Waals surface area contributed by atoms with Gasteiger partial charge in [-0.2, -0.15) is 13.2 Å². The molecule has 0 spiro atoms. The lowest BCUT2D eigenvalue weighted by Gasteiger charge is -2.16. The van der Waals surface area contributed by atoms with Gasteiger partial charge in [-0.1, -0.05) is 11.6 Å². The molecule has 0 unspecified atom stereocenters. The highest BCUT2D eigenvalue weighted by Crippen LogP contribution is 2.41. The normalized spacial score (nSPS) is 12.7. The molecule has 96 valence electrons. The number of alkyl halides is 6. The van der Waals surface area contributed by atoms with Gasteiger partial charge >= 0.3 is 12.5 Å². The second-order valence-electron chi connectivity index (χ2n) is 2.78. The van der Waals surface area contributed by atoms with Gasteiger partial charge in [0.05, 0.1) is 5.02 Å². The van der Waals surface area contributed by atoms with Crippen LogP contribution in [0.3, 0.4) is 0 Å². The van der Waals surface area contributed by atoms with E-state index in [2.05, 4.69) is 4.74 Å². The van der Waals surface area contributed by atoms with Crippen molar-refractivity contribution < 1.29 is 35.5 Å². The summed E-state index contributed by atoms with van der Waals surface area (Å²) in [6.07, 6.45) is -10.7. The molecule has 0 atom stereocenters. The first-order chi connectivity index (χ1) is 7.52. The van der Waals surface area contributed by atoms with Crippen molar-refractivity contribution in [3.63, 3.8) is 0 Å². The molecule has 17 heavy (non-hydrogen) atoms. The van der Waals surface area contributed by atoms with E-state index in [4.69, 9.17) is 11.6 Å². The quantitative estimate of drug-likeness (QED) is 0.694. The third kappa shape index (κ3) is 3.39. The van der Waals surface area contributed by atoms with E-state index in [1.807, 2.05) is 0 Å². The number of halogens is 8. The monoisotopic (exact) mass is 282 g/mol. The van der Waals surface area contributed by atoms with Crippen molar-refractivity contribution in [3.05, 3.63) is 28.5 Å². The molecular weight excluding hydrogens is 281 g/mol. The highest BCUT2D eigenvalue weighted by atomic mass is 35.5. The van der Waals surface area contributed by atoms with Crippen molar-refractivity contribution in [2.75, 3.05) is 0 Å². The van der Waals surface area contributed by atoms with Crippen LogP contribution in [0.4, 0.5) is 30.7 Å². The standard InChI is InChI=1S/C8H2ClF7O/c9-3-1-2-4(17-8(14,15)16)5(6(3)10)7(11,12)13/h1-2H. The second kappa shape index (κ2) is 4.25. The van der Waals surface area contributed by atoms with Gasteiger partial charge in [0, 0.05) is 0 Å². The molecule has 0 amide bonds. The van der Waals surface area contributed by atoms with Crippen LogP contribution < -0.4 is 4.74 Å². The first-order valence-electron chi connectivity index (χ1n) is 3.83. The molecular formula is C8H2ClF7O. The van der Waals surface area contributed by atoms with Crippen LogP contribution in [-0.4, -0.2) is 6.36 Å². The lowest BCUT2D eigenvalue weighted by Crippen LogP contribution is -2.21. The van der Waals surface area contributed by atoms with Crippen LogP contribution in [0.2, 0.25) is 5.02 Å². The summed E-state index contributed by atoms with van der Waals surface area (Å²) in [4.78, 5) is 0. The summed E-state index contributed by atoms with van der Waals surface area (Å²) in [7, 11) is 0. The largest absolute Gasteiger partial charge is 0.573 e. The molecule has 0 aromatic heterocycles. The molecule has 1 aromatic carbocycles. The molecule has 0 bridgehead atoms. The van der Waals surface area contributed by atoms with Gasteiger partial charge in [0.1, 0.15) is 11.3 Å². The minimum atomic E-state index is -5.36. The molecule has 1 rings (SSSR count). The van der Waals surface area contributed by atoms with E-state index in [9.17, 15) is 30.7 Å². The molecule has 0 aliphatic rings. The third-order valence-electron chi connectivity index (χ3n) is 1.57. The summed E-state index contributed by atoms with van der Waals surface area (Å²) in [6.45, 7) is 0. The summed E-state index contributed by atoms with van der Waals surface area (Å²) in [6, 6.07) is 0.828. The van der Waals surface area contributed by atoms with E-state index in [1.165, 1.54) is 0 Å². The molecule has 0 aliphatic carbocycles. The minimum Gasteiger partial charge on any atom is -0.405 e. The maximum Gasteiger partial charge on any atom is 0.573 e. The smallest absolute Gasteiger partial charge is 0.405 e. The van der Waals surface area contributed by atoms with Crippen LogP contribution in [-0.2, 0) is 6.18 Å². The van der Waals surface area contributed by atoms with Crippen molar-refractivity contribution in [3.8, 4) is 5.75 Å². The maximum atomic E-state index is 13.0. The first-order valence-corrected chi connectivity index (χ1v) is 4.21. The fourth-order valence-corrected chi connectivity index (χ4v) is 1.16. The minimum absolute atomic E-state index is 0.293. The molecule has 1 aromatic rings. The Morgan fingerprint density at radius 1 is 1.00 bits per heavy atom. The summed E-state index contributed by atoms with van der Waals surface area (Å²) < 4.78 is 88.5. The Kier molecular flexibility index (Phi) is 3.47. The maximum absolute atomic E-state index is 13.0. The number of hydrogen-bond donors (Lipinski definition) is 0. The average Bonchev–Trinajstić information content (AvgIpc) is 2.06. The number of rotatable bonds is 1. The van der Waals surface area contributed by atoms with Crippen LogP contribution in [0.15, 0.2) is 12.1 Å². The van der Waals surface area contributed by atoms with Gasteiger partial charge < -0.3 is 4.74 Å². The van der Waals surface area contributed by atoms with Crippen LogP contribution in [0.1, 0.15) is 5.56 Å². The topological polar surface area (TPSA) is 9.23 Å². The Balaban J connectivity index is 3.36. The van der Waals surface area contributed by atoms with Crippen molar-refractivity contribution in [2.45, 2.75) is 12.5 Å². The van der Waals surface area contributed by atoms with Gasteiger partial charge in [-0.25, -0.2) is 4.39 Å².